The second kappa shape index (κ2) is 12.8. The van der Waals surface area contributed by atoms with Gasteiger partial charge in [-0.2, -0.15) is 0 Å². The van der Waals surface area contributed by atoms with E-state index in [0.29, 0.717) is 29.9 Å². The van der Waals surface area contributed by atoms with Gasteiger partial charge in [-0.1, -0.05) is 78.9 Å². The Morgan fingerprint density at radius 3 is 2.36 bits per heavy atom. The van der Waals surface area contributed by atoms with Crippen molar-refractivity contribution in [3.63, 3.8) is 0 Å². The second-order valence-corrected chi connectivity index (χ2v) is 12.4. The number of amides is 1. The van der Waals surface area contributed by atoms with Crippen molar-refractivity contribution in [2.45, 2.75) is 50.5 Å². The van der Waals surface area contributed by atoms with Crippen LogP contribution >= 0.6 is 0 Å². The van der Waals surface area contributed by atoms with E-state index in [-0.39, 0.29) is 24.0 Å². The van der Waals surface area contributed by atoms with Crippen LogP contribution in [0.1, 0.15) is 79.6 Å². The van der Waals surface area contributed by atoms with Crippen LogP contribution in [0.5, 0.6) is 0 Å². The number of aliphatic carboxylic acids is 1. The Kier molecular flexibility index (Phi) is 8.23. The predicted molar refractivity (Wildman–Crippen MR) is 183 cm³/mol. The summed E-state index contributed by atoms with van der Waals surface area (Å²) in [6, 6.07) is 31.0. The first-order chi connectivity index (χ1) is 22.9. The SMILES string of the molecule is NCc1ccc(-c2ccccc2C(=O)Nc2ccc(C(=O)C3Cc4ccccc4-c4ccc5c(c43)CCCC5CC(=O)O)cn2)cc1. The first kappa shape index (κ1) is 30.3. The average Bonchev–Trinajstić information content (AvgIpc) is 3.11. The summed E-state index contributed by atoms with van der Waals surface area (Å²) in [6.07, 6.45) is 4.73. The van der Waals surface area contributed by atoms with Gasteiger partial charge in [-0.15, -0.1) is 0 Å². The van der Waals surface area contributed by atoms with Gasteiger partial charge in [0.05, 0.1) is 12.3 Å². The molecule has 0 radical (unpaired) electrons. The van der Waals surface area contributed by atoms with Crippen molar-refractivity contribution in [2.75, 3.05) is 5.32 Å². The molecule has 7 heteroatoms. The van der Waals surface area contributed by atoms with Gasteiger partial charge in [0.1, 0.15) is 5.82 Å². The molecule has 2 aliphatic rings. The number of fused-ring (bicyclic) bond motifs is 5. The molecule has 0 aliphatic heterocycles. The van der Waals surface area contributed by atoms with Gasteiger partial charge in [-0.3, -0.25) is 14.4 Å². The third-order valence-electron chi connectivity index (χ3n) is 9.59. The van der Waals surface area contributed by atoms with E-state index in [1.165, 1.54) is 6.20 Å². The van der Waals surface area contributed by atoms with E-state index in [9.17, 15) is 19.5 Å². The molecule has 2 unspecified atom stereocenters. The summed E-state index contributed by atoms with van der Waals surface area (Å²) < 4.78 is 0. The van der Waals surface area contributed by atoms with Crippen LogP contribution in [0.2, 0.25) is 0 Å². The third-order valence-corrected chi connectivity index (χ3v) is 9.59. The number of aromatic nitrogens is 1. The van der Waals surface area contributed by atoms with Crippen LogP contribution in [0.3, 0.4) is 0 Å². The number of anilines is 1. The van der Waals surface area contributed by atoms with Crippen molar-refractivity contribution in [3.8, 4) is 22.3 Å². The van der Waals surface area contributed by atoms with E-state index in [1.807, 2.05) is 54.6 Å². The number of Topliss-reactive ketones (excluding diaryl/α,β-unsaturated/α-hetero) is 1. The number of nitrogens with zero attached hydrogens (tertiary/aromatic N) is 1. The Balaban J connectivity index is 1.17. The van der Waals surface area contributed by atoms with Crippen molar-refractivity contribution in [1.82, 2.24) is 4.98 Å². The number of rotatable bonds is 8. The van der Waals surface area contributed by atoms with Gasteiger partial charge in [0, 0.05) is 23.9 Å². The number of hydrogen-bond acceptors (Lipinski definition) is 5. The highest BCUT2D eigenvalue weighted by Crippen LogP contribution is 2.47. The molecule has 234 valence electrons. The quantitative estimate of drug-likeness (QED) is 0.154. The van der Waals surface area contributed by atoms with E-state index in [2.05, 4.69) is 34.6 Å². The Morgan fingerprint density at radius 1 is 0.851 bits per heavy atom. The van der Waals surface area contributed by atoms with Crippen molar-refractivity contribution < 1.29 is 19.5 Å². The maximum absolute atomic E-state index is 14.3. The molecule has 0 spiro atoms. The van der Waals surface area contributed by atoms with Crippen molar-refractivity contribution in [2.24, 2.45) is 5.73 Å². The summed E-state index contributed by atoms with van der Waals surface area (Å²) in [5, 5.41) is 12.5. The lowest BCUT2D eigenvalue weighted by Gasteiger charge is -2.34. The number of carboxylic acids is 1. The second-order valence-electron chi connectivity index (χ2n) is 12.4. The Bertz CT molecular complexity index is 2000. The van der Waals surface area contributed by atoms with Crippen LogP contribution in [0, 0.1) is 0 Å². The van der Waals surface area contributed by atoms with Crippen LogP contribution in [0.25, 0.3) is 22.3 Å². The summed E-state index contributed by atoms with van der Waals surface area (Å²) in [7, 11) is 0. The maximum Gasteiger partial charge on any atom is 0.303 e. The minimum Gasteiger partial charge on any atom is -0.481 e. The lowest BCUT2D eigenvalue weighted by Crippen LogP contribution is -2.25. The van der Waals surface area contributed by atoms with E-state index in [0.717, 1.165) is 69.3 Å². The number of benzene rings is 4. The maximum atomic E-state index is 14.3. The number of hydrogen-bond donors (Lipinski definition) is 3. The zero-order chi connectivity index (χ0) is 32.5. The topological polar surface area (TPSA) is 122 Å². The lowest BCUT2D eigenvalue weighted by atomic mass is 9.69. The zero-order valence-corrected chi connectivity index (χ0v) is 25.9. The van der Waals surface area contributed by atoms with Gasteiger partial charge < -0.3 is 16.2 Å². The molecule has 1 amide bonds. The molecule has 0 bridgehead atoms. The number of carbonyl (C=O) groups is 3. The molecule has 4 N–H and O–H groups in total. The highest BCUT2D eigenvalue weighted by Gasteiger charge is 2.35. The molecular formula is C40H35N3O4. The third kappa shape index (κ3) is 5.86. The Morgan fingerprint density at radius 2 is 1.62 bits per heavy atom. The molecule has 0 fully saturated rings. The number of nitrogens with two attached hydrogens (primary N) is 1. The molecule has 5 aromatic rings. The first-order valence-electron chi connectivity index (χ1n) is 16.1. The molecule has 7 nitrogen and oxygen atoms in total. The number of carboxylic acid groups (broad SMARTS) is 1. The smallest absolute Gasteiger partial charge is 0.303 e. The van der Waals surface area contributed by atoms with Crippen LogP contribution < -0.4 is 11.1 Å². The van der Waals surface area contributed by atoms with Gasteiger partial charge in [0.15, 0.2) is 5.78 Å². The van der Waals surface area contributed by atoms with Gasteiger partial charge in [-0.05, 0) is 99.9 Å². The fourth-order valence-corrected chi connectivity index (χ4v) is 7.34. The van der Waals surface area contributed by atoms with Gasteiger partial charge in [0.25, 0.3) is 5.91 Å². The molecule has 1 heterocycles. The predicted octanol–water partition coefficient (Wildman–Crippen LogP) is 7.54. The van der Waals surface area contributed by atoms with Gasteiger partial charge in [0.2, 0.25) is 0 Å². The minimum atomic E-state index is -0.804. The molecule has 4 aromatic carbocycles. The number of ketones is 1. The summed E-state index contributed by atoms with van der Waals surface area (Å²) in [5.41, 5.74) is 15.9. The normalized spacial score (nSPS) is 16.4. The summed E-state index contributed by atoms with van der Waals surface area (Å²) >= 11 is 0. The molecular weight excluding hydrogens is 586 g/mol. The van der Waals surface area contributed by atoms with Gasteiger partial charge in [-0.25, -0.2) is 4.98 Å². The molecule has 0 saturated carbocycles. The molecule has 1 aromatic heterocycles. The fraction of sp³-hybridized carbons (Fsp3) is 0.200. The Labute approximate surface area is 273 Å². The van der Waals surface area contributed by atoms with E-state index < -0.39 is 11.9 Å². The van der Waals surface area contributed by atoms with Gasteiger partial charge >= 0.3 is 5.97 Å². The van der Waals surface area contributed by atoms with Crippen molar-refractivity contribution in [1.29, 1.82) is 0 Å². The van der Waals surface area contributed by atoms with Crippen molar-refractivity contribution >= 4 is 23.5 Å². The zero-order valence-electron chi connectivity index (χ0n) is 25.9. The molecule has 2 atom stereocenters. The monoisotopic (exact) mass is 621 g/mol. The standard InChI is InChI=1S/C40H35N3O4/c41-22-24-12-14-25(15-13-24)29-8-3-4-10-34(29)40(47)43-36-19-16-28(23-42-36)39(46)35-20-26-6-1-2-9-30(26)33-18-17-31-27(21-37(44)45)7-5-11-32(31)38(33)35/h1-4,6,8-10,12-19,23,27,35H,5,7,11,20-22,41H2,(H,44,45)(H,42,43,47). The molecule has 0 saturated heterocycles. The highest BCUT2D eigenvalue weighted by molar-refractivity contribution is 6.09. The summed E-state index contributed by atoms with van der Waals surface area (Å²) in [6.45, 7) is 0.447. The van der Waals surface area contributed by atoms with E-state index in [4.69, 9.17) is 5.73 Å². The van der Waals surface area contributed by atoms with Crippen LogP contribution in [0.4, 0.5) is 5.82 Å². The lowest BCUT2D eigenvalue weighted by molar-refractivity contribution is -0.137. The molecule has 7 rings (SSSR count). The fourth-order valence-electron chi connectivity index (χ4n) is 7.34. The Hall–Kier alpha value is -5.40. The number of pyridine rings is 1. The molecule has 47 heavy (non-hydrogen) atoms. The van der Waals surface area contributed by atoms with Crippen LogP contribution in [-0.2, 0) is 24.2 Å². The van der Waals surface area contributed by atoms with E-state index in [1.54, 1.807) is 18.2 Å². The number of carbonyl (C=O) groups excluding carboxylic acids is 2. The average molecular weight is 622 g/mol. The largest absolute Gasteiger partial charge is 0.481 e. The number of nitrogens with one attached hydrogen (secondary N) is 1. The molecule has 2 aliphatic carbocycles. The summed E-state index contributed by atoms with van der Waals surface area (Å²) in [4.78, 5) is 43.9. The van der Waals surface area contributed by atoms with Crippen molar-refractivity contribution in [3.05, 3.63) is 142 Å². The highest BCUT2D eigenvalue weighted by atomic mass is 16.4. The summed E-state index contributed by atoms with van der Waals surface area (Å²) in [5.74, 6) is -1.26. The minimum absolute atomic E-state index is 0.0360. The van der Waals surface area contributed by atoms with Crippen LogP contribution in [-0.4, -0.2) is 27.8 Å². The first-order valence-corrected chi connectivity index (χ1v) is 16.1. The van der Waals surface area contributed by atoms with Crippen LogP contribution in [0.15, 0.2) is 103 Å². The van der Waals surface area contributed by atoms with E-state index >= 15 is 0 Å².